The molecule has 0 aliphatic rings. The monoisotopic (exact) mass is 482 g/mol. The third-order valence-electron chi connectivity index (χ3n) is 5.22. The second-order valence-electron chi connectivity index (χ2n) is 7.47. The van der Waals surface area contributed by atoms with E-state index < -0.39 is 29.9 Å². The lowest BCUT2D eigenvalue weighted by molar-refractivity contribution is -0.272. The van der Waals surface area contributed by atoms with Crippen molar-refractivity contribution in [1.29, 1.82) is 0 Å². The molecule has 33 heavy (non-hydrogen) atoms. The molecule has 1 atom stereocenters. The fraction of sp³-hybridized carbons (Fsp3) is 0.429. The van der Waals surface area contributed by atoms with Crippen LogP contribution < -0.4 is 5.32 Å². The van der Waals surface area contributed by atoms with E-state index >= 15 is 0 Å². The number of hydrogen-bond acceptors (Lipinski definition) is 6. The maximum atomic E-state index is 13.6. The summed E-state index contributed by atoms with van der Waals surface area (Å²) in [6, 6.07) is 7.75. The summed E-state index contributed by atoms with van der Waals surface area (Å²) in [7, 11) is 1.36. The number of rotatable bonds is 9. The lowest BCUT2D eigenvalue weighted by Crippen LogP contribution is -2.46. The van der Waals surface area contributed by atoms with Crippen molar-refractivity contribution in [2.75, 3.05) is 12.3 Å². The van der Waals surface area contributed by atoms with E-state index in [2.05, 4.69) is 20.5 Å². The molecule has 0 radical (unpaired) electrons. The molecule has 0 aliphatic heterocycles. The van der Waals surface area contributed by atoms with E-state index in [4.69, 9.17) is 0 Å². The molecule has 3 rings (SSSR count). The van der Waals surface area contributed by atoms with Gasteiger partial charge in [-0.2, -0.15) is 13.2 Å². The van der Waals surface area contributed by atoms with E-state index in [1.807, 2.05) is 42.7 Å². The molecule has 2 aromatic heterocycles. The molecule has 8 nitrogen and oxygen atoms in total. The van der Waals surface area contributed by atoms with E-state index in [0.717, 1.165) is 27.5 Å². The first kappa shape index (κ1) is 24.8. The lowest BCUT2D eigenvalue weighted by Gasteiger charge is -2.29. The number of thioether (sulfide) groups is 1. The second-order valence-corrected chi connectivity index (χ2v) is 8.42. The zero-order chi connectivity index (χ0) is 24.2. The highest BCUT2D eigenvalue weighted by Crippen LogP contribution is 2.40. The Morgan fingerprint density at radius 2 is 1.97 bits per heavy atom. The first-order valence-electron chi connectivity index (χ1n) is 10.2. The number of aromatic nitrogens is 5. The minimum Gasteiger partial charge on any atom is -0.374 e. The predicted octanol–water partition coefficient (Wildman–Crippen LogP) is 3.06. The molecule has 0 aliphatic carbocycles. The van der Waals surface area contributed by atoms with E-state index in [1.54, 1.807) is 0 Å². The van der Waals surface area contributed by atoms with Crippen LogP contribution in [0.4, 0.5) is 13.2 Å². The fourth-order valence-corrected chi connectivity index (χ4v) is 4.24. The lowest BCUT2D eigenvalue weighted by atomic mass is 9.97. The number of imidazole rings is 1. The van der Waals surface area contributed by atoms with E-state index in [0.29, 0.717) is 17.5 Å². The number of carbonyl (C=O) groups excluding carboxylic acids is 1. The van der Waals surface area contributed by atoms with Gasteiger partial charge in [0.1, 0.15) is 5.82 Å². The van der Waals surface area contributed by atoms with Gasteiger partial charge in [0, 0.05) is 44.5 Å². The Kier molecular flexibility index (Phi) is 7.48. The van der Waals surface area contributed by atoms with Crippen LogP contribution in [0, 0.1) is 6.92 Å². The van der Waals surface area contributed by atoms with Gasteiger partial charge in [0.2, 0.25) is 11.5 Å². The van der Waals surface area contributed by atoms with Gasteiger partial charge in [-0.05, 0) is 19.4 Å². The smallest absolute Gasteiger partial charge is 0.374 e. The minimum absolute atomic E-state index is 0.0568. The molecule has 1 unspecified atom stereocenters. The van der Waals surface area contributed by atoms with Gasteiger partial charge in [-0.25, -0.2) is 4.98 Å². The summed E-state index contributed by atoms with van der Waals surface area (Å²) >= 11 is 1.14. The van der Waals surface area contributed by atoms with Gasteiger partial charge in [0.25, 0.3) is 0 Å². The summed E-state index contributed by atoms with van der Waals surface area (Å²) in [5.74, 6) is -0.381. The van der Waals surface area contributed by atoms with Crippen LogP contribution >= 0.6 is 11.8 Å². The van der Waals surface area contributed by atoms with Gasteiger partial charge < -0.3 is 19.6 Å². The standard InChI is InChI=1S/C21H25F3N6O2S/c1-4-30-17(15-8-6-5-7-14(15)2)27-28-19(30)33-13-16(31)25-10-9-20(32,21(22,23)24)18-26-11-12-29(18)3/h5-8,11-12,32H,4,9-10,13H2,1-3H3,(H,25,31). The summed E-state index contributed by atoms with van der Waals surface area (Å²) in [6.07, 6.45) is -3.22. The van der Waals surface area contributed by atoms with E-state index in [9.17, 15) is 23.1 Å². The third-order valence-corrected chi connectivity index (χ3v) is 6.19. The molecular formula is C21H25F3N6O2S. The molecule has 12 heteroatoms. The number of alkyl halides is 3. The number of aryl methyl sites for hydroxylation is 2. The second kappa shape index (κ2) is 9.96. The minimum atomic E-state index is -4.95. The molecule has 1 aromatic carbocycles. The topological polar surface area (TPSA) is 97.9 Å². The van der Waals surface area contributed by atoms with Crippen molar-refractivity contribution >= 4 is 17.7 Å². The summed E-state index contributed by atoms with van der Waals surface area (Å²) < 4.78 is 43.7. The zero-order valence-electron chi connectivity index (χ0n) is 18.4. The summed E-state index contributed by atoms with van der Waals surface area (Å²) in [5, 5.41) is 21.7. The van der Waals surface area contributed by atoms with Gasteiger partial charge in [-0.1, -0.05) is 36.0 Å². The van der Waals surface area contributed by atoms with Gasteiger partial charge in [-0.15, -0.1) is 10.2 Å². The van der Waals surface area contributed by atoms with Crippen molar-refractivity contribution in [3.05, 3.63) is 48.0 Å². The van der Waals surface area contributed by atoms with Crippen molar-refractivity contribution in [2.45, 2.75) is 43.7 Å². The van der Waals surface area contributed by atoms with Gasteiger partial charge in [0.15, 0.2) is 11.0 Å². The highest BCUT2D eigenvalue weighted by Gasteiger charge is 2.57. The SMILES string of the molecule is CCn1c(SCC(=O)NCCC(O)(c2nccn2C)C(F)(F)F)nnc1-c1ccccc1C. The Hall–Kier alpha value is -2.86. The zero-order valence-corrected chi connectivity index (χ0v) is 19.2. The van der Waals surface area contributed by atoms with E-state index in [-0.39, 0.29) is 12.3 Å². The molecule has 2 heterocycles. The van der Waals surface area contributed by atoms with Crippen molar-refractivity contribution in [1.82, 2.24) is 29.6 Å². The first-order chi connectivity index (χ1) is 15.6. The molecule has 0 fully saturated rings. The van der Waals surface area contributed by atoms with Crippen LogP contribution in [0.15, 0.2) is 41.8 Å². The van der Waals surface area contributed by atoms with E-state index in [1.165, 1.54) is 19.4 Å². The summed E-state index contributed by atoms with van der Waals surface area (Å²) in [6.45, 7) is 4.11. The highest BCUT2D eigenvalue weighted by atomic mass is 32.2. The Labute approximate surface area is 193 Å². The quantitative estimate of drug-likeness (QED) is 0.455. The molecular weight excluding hydrogens is 457 g/mol. The normalized spacial score (nSPS) is 13.7. The van der Waals surface area contributed by atoms with Crippen molar-refractivity contribution < 1.29 is 23.1 Å². The van der Waals surface area contributed by atoms with Crippen molar-refractivity contribution in [3.8, 4) is 11.4 Å². The number of benzene rings is 1. The number of hydrogen-bond donors (Lipinski definition) is 2. The fourth-order valence-electron chi connectivity index (χ4n) is 3.41. The first-order valence-corrected chi connectivity index (χ1v) is 11.2. The number of halogens is 3. The number of carbonyl (C=O) groups is 1. The number of amides is 1. The molecule has 3 aromatic rings. The number of nitrogens with zero attached hydrogens (tertiary/aromatic N) is 5. The molecule has 0 saturated heterocycles. The molecule has 0 spiro atoms. The van der Waals surface area contributed by atoms with Crippen molar-refractivity contribution in [2.24, 2.45) is 7.05 Å². The van der Waals surface area contributed by atoms with Gasteiger partial charge in [0.05, 0.1) is 5.75 Å². The maximum absolute atomic E-state index is 13.6. The van der Waals surface area contributed by atoms with Crippen LogP contribution in [-0.2, 0) is 24.0 Å². The van der Waals surface area contributed by atoms with Crippen LogP contribution in [-0.4, -0.2) is 53.8 Å². The van der Waals surface area contributed by atoms with Crippen LogP contribution in [0.5, 0.6) is 0 Å². The van der Waals surface area contributed by atoms with Crippen LogP contribution in [0.2, 0.25) is 0 Å². The van der Waals surface area contributed by atoms with Crippen LogP contribution in [0.1, 0.15) is 24.7 Å². The number of nitrogens with one attached hydrogen (secondary N) is 1. The molecule has 0 saturated carbocycles. The van der Waals surface area contributed by atoms with Crippen molar-refractivity contribution in [3.63, 3.8) is 0 Å². The Morgan fingerprint density at radius 3 is 2.58 bits per heavy atom. The molecule has 2 N–H and O–H groups in total. The Bertz CT molecular complexity index is 1110. The van der Waals surface area contributed by atoms with Gasteiger partial charge >= 0.3 is 6.18 Å². The highest BCUT2D eigenvalue weighted by molar-refractivity contribution is 7.99. The predicted molar refractivity (Wildman–Crippen MR) is 117 cm³/mol. The Balaban J connectivity index is 1.61. The Morgan fingerprint density at radius 1 is 1.24 bits per heavy atom. The molecule has 178 valence electrons. The molecule has 0 bridgehead atoms. The summed E-state index contributed by atoms with van der Waals surface area (Å²) in [5.41, 5.74) is -1.20. The molecule has 1 amide bonds. The third kappa shape index (κ3) is 5.22. The largest absolute Gasteiger partial charge is 0.424 e. The maximum Gasteiger partial charge on any atom is 0.424 e. The number of aliphatic hydroxyl groups is 1. The van der Waals surface area contributed by atoms with Crippen LogP contribution in [0.25, 0.3) is 11.4 Å². The average Bonchev–Trinajstić information content (AvgIpc) is 3.37. The average molecular weight is 483 g/mol. The summed E-state index contributed by atoms with van der Waals surface area (Å²) in [4.78, 5) is 15.9. The van der Waals surface area contributed by atoms with Crippen LogP contribution in [0.3, 0.4) is 0 Å². The van der Waals surface area contributed by atoms with Gasteiger partial charge in [-0.3, -0.25) is 4.79 Å².